The van der Waals surface area contributed by atoms with Gasteiger partial charge < -0.3 is 5.32 Å². The molecule has 2 atom stereocenters. The Labute approximate surface area is 91.9 Å². The van der Waals surface area contributed by atoms with E-state index in [2.05, 4.69) is 30.5 Å². The summed E-state index contributed by atoms with van der Waals surface area (Å²) in [5.74, 6) is 0.890. The summed E-state index contributed by atoms with van der Waals surface area (Å²) in [6.45, 7) is 6.53. The number of rotatable bonds is 3. The Hall–Kier alpha value is -0.830. The molecule has 3 heteroatoms. The van der Waals surface area contributed by atoms with Gasteiger partial charge in [0.1, 0.15) is 0 Å². The summed E-state index contributed by atoms with van der Waals surface area (Å²) in [5.41, 5.74) is 1.36. The highest BCUT2D eigenvalue weighted by Crippen LogP contribution is 2.28. The van der Waals surface area contributed by atoms with E-state index in [4.69, 9.17) is 0 Å². The molecular weight excluding hydrogens is 186 g/mol. The van der Waals surface area contributed by atoms with Gasteiger partial charge in [-0.1, -0.05) is 13.3 Å². The molecule has 1 saturated heterocycles. The first-order valence-corrected chi connectivity index (χ1v) is 6.09. The van der Waals surface area contributed by atoms with Crippen molar-refractivity contribution in [1.29, 1.82) is 0 Å². The van der Waals surface area contributed by atoms with Gasteiger partial charge >= 0.3 is 0 Å². The van der Waals surface area contributed by atoms with Gasteiger partial charge in [-0.3, -0.25) is 4.68 Å². The van der Waals surface area contributed by atoms with Crippen LogP contribution in [0.25, 0.3) is 0 Å². The predicted octanol–water partition coefficient (Wildman–Crippen LogP) is 2.35. The quantitative estimate of drug-likeness (QED) is 0.824. The van der Waals surface area contributed by atoms with Gasteiger partial charge in [0, 0.05) is 24.3 Å². The lowest BCUT2D eigenvalue weighted by Crippen LogP contribution is -2.31. The van der Waals surface area contributed by atoms with Crippen molar-refractivity contribution in [2.24, 2.45) is 5.92 Å². The van der Waals surface area contributed by atoms with Crippen molar-refractivity contribution in [3.8, 4) is 0 Å². The maximum absolute atomic E-state index is 4.34. The highest BCUT2D eigenvalue weighted by molar-refractivity contribution is 5.11. The van der Waals surface area contributed by atoms with Crippen LogP contribution >= 0.6 is 0 Å². The largest absolute Gasteiger partial charge is 0.310 e. The number of nitrogens with zero attached hydrogens (tertiary/aromatic N) is 2. The third-order valence-corrected chi connectivity index (χ3v) is 3.47. The number of aromatic nitrogens is 2. The molecule has 1 aromatic heterocycles. The first kappa shape index (κ1) is 10.7. The molecule has 0 aromatic carbocycles. The average molecular weight is 207 g/mol. The highest BCUT2D eigenvalue weighted by atomic mass is 15.3. The first-order chi connectivity index (χ1) is 7.33. The summed E-state index contributed by atoms with van der Waals surface area (Å²) in [6.07, 6.45) is 8.09. The number of piperidine rings is 1. The zero-order valence-electron chi connectivity index (χ0n) is 9.74. The van der Waals surface area contributed by atoms with Crippen LogP contribution in [-0.2, 0) is 6.54 Å². The Morgan fingerprint density at radius 1 is 1.53 bits per heavy atom. The van der Waals surface area contributed by atoms with Crippen LogP contribution in [0.4, 0.5) is 0 Å². The van der Waals surface area contributed by atoms with Crippen LogP contribution < -0.4 is 5.32 Å². The van der Waals surface area contributed by atoms with Crippen LogP contribution in [-0.4, -0.2) is 16.3 Å². The minimum Gasteiger partial charge on any atom is -0.310 e. The lowest BCUT2D eigenvalue weighted by Gasteiger charge is -2.29. The molecule has 1 N–H and O–H groups in total. The van der Waals surface area contributed by atoms with Gasteiger partial charge in [0.25, 0.3) is 0 Å². The minimum absolute atomic E-state index is 0.531. The topological polar surface area (TPSA) is 29.9 Å². The van der Waals surface area contributed by atoms with Gasteiger partial charge in [-0.05, 0) is 32.2 Å². The second-order valence-electron chi connectivity index (χ2n) is 4.43. The molecule has 2 unspecified atom stereocenters. The molecule has 0 aliphatic carbocycles. The molecule has 1 aromatic rings. The van der Waals surface area contributed by atoms with Crippen LogP contribution in [0.5, 0.6) is 0 Å². The van der Waals surface area contributed by atoms with E-state index < -0.39 is 0 Å². The van der Waals surface area contributed by atoms with Crippen molar-refractivity contribution in [2.75, 3.05) is 6.54 Å². The molecule has 0 bridgehead atoms. The Morgan fingerprint density at radius 3 is 3.07 bits per heavy atom. The van der Waals surface area contributed by atoms with E-state index in [9.17, 15) is 0 Å². The molecule has 3 nitrogen and oxygen atoms in total. The Morgan fingerprint density at radius 2 is 2.40 bits per heavy atom. The van der Waals surface area contributed by atoms with Crippen molar-refractivity contribution in [1.82, 2.24) is 15.1 Å². The number of hydrogen-bond donors (Lipinski definition) is 1. The summed E-state index contributed by atoms with van der Waals surface area (Å²) >= 11 is 0. The van der Waals surface area contributed by atoms with E-state index in [1.54, 1.807) is 0 Å². The van der Waals surface area contributed by atoms with E-state index in [1.807, 2.05) is 10.9 Å². The Kier molecular flexibility index (Phi) is 3.41. The van der Waals surface area contributed by atoms with Crippen LogP contribution in [0.3, 0.4) is 0 Å². The summed E-state index contributed by atoms with van der Waals surface area (Å²) in [7, 11) is 0. The van der Waals surface area contributed by atoms with E-state index in [0.717, 1.165) is 19.0 Å². The van der Waals surface area contributed by atoms with Crippen molar-refractivity contribution in [3.63, 3.8) is 0 Å². The van der Waals surface area contributed by atoms with Crippen molar-refractivity contribution in [3.05, 3.63) is 18.0 Å². The predicted molar refractivity (Wildman–Crippen MR) is 61.7 cm³/mol. The fourth-order valence-corrected chi connectivity index (χ4v) is 2.35. The second kappa shape index (κ2) is 4.79. The monoisotopic (exact) mass is 207 g/mol. The number of nitrogens with one attached hydrogen (secondary N) is 1. The zero-order chi connectivity index (χ0) is 10.7. The summed E-state index contributed by atoms with van der Waals surface area (Å²) < 4.78 is 2.01. The van der Waals surface area contributed by atoms with Gasteiger partial charge in [-0.25, -0.2) is 0 Å². The molecule has 0 spiro atoms. The first-order valence-electron chi connectivity index (χ1n) is 6.09. The van der Waals surface area contributed by atoms with E-state index in [-0.39, 0.29) is 0 Å². The maximum Gasteiger partial charge on any atom is 0.0537 e. The van der Waals surface area contributed by atoms with E-state index in [0.29, 0.717) is 6.04 Å². The molecule has 1 aliphatic heterocycles. The number of aryl methyl sites for hydroxylation is 1. The summed E-state index contributed by atoms with van der Waals surface area (Å²) in [4.78, 5) is 0. The van der Waals surface area contributed by atoms with Crippen molar-refractivity contribution >= 4 is 0 Å². The zero-order valence-corrected chi connectivity index (χ0v) is 9.74. The van der Waals surface area contributed by atoms with Gasteiger partial charge in [-0.15, -0.1) is 0 Å². The molecule has 0 amide bonds. The van der Waals surface area contributed by atoms with Gasteiger partial charge in [-0.2, -0.15) is 5.10 Å². The maximum atomic E-state index is 4.34. The highest BCUT2D eigenvalue weighted by Gasteiger charge is 2.22. The molecule has 1 aliphatic rings. The molecule has 15 heavy (non-hydrogen) atoms. The van der Waals surface area contributed by atoms with Crippen molar-refractivity contribution < 1.29 is 0 Å². The van der Waals surface area contributed by atoms with Crippen LogP contribution in [0.2, 0.25) is 0 Å². The molecule has 2 heterocycles. The van der Waals surface area contributed by atoms with Crippen LogP contribution in [0.15, 0.2) is 12.4 Å². The third-order valence-electron chi connectivity index (χ3n) is 3.47. The van der Waals surface area contributed by atoms with Crippen molar-refractivity contribution in [2.45, 2.75) is 45.7 Å². The molecule has 0 saturated carbocycles. The summed E-state index contributed by atoms with van der Waals surface area (Å²) in [6, 6.07) is 0.531. The second-order valence-corrected chi connectivity index (χ2v) is 4.43. The summed E-state index contributed by atoms with van der Waals surface area (Å²) in [5, 5.41) is 7.92. The fourth-order valence-electron chi connectivity index (χ4n) is 2.35. The van der Waals surface area contributed by atoms with Gasteiger partial charge in [0.2, 0.25) is 0 Å². The normalized spacial score (nSPS) is 26.8. The van der Waals surface area contributed by atoms with Gasteiger partial charge in [0.05, 0.1) is 6.20 Å². The molecular formula is C12H21N3. The average Bonchev–Trinajstić information content (AvgIpc) is 2.78. The number of hydrogen-bond acceptors (Lipinski definition) is 2. The van der Waals surface area contributed by atoms with E-state index in [1.165, 1.54) is 24.8 Å². The van der Waals surface area contributed by atoms with E-state index >= 15 is 0 Å². The molecule has 84 valence electrons. The smallest absolute Gasteiger partial charge is 0.0537 e. The standard InChI is InChI=1S/C12H21N3/c1-3-10-5-6-13-12(7-10)11-8-14-15(4-2)9-11/h8-10,12-13H,3-7H2,1-2H3. The van der Waals surface area contributed by atoms with Gasteiger partial charge in [0.15, 0.2) is 0 Å². The third kappa shape index (κ3) is 2.40. The molecule has 0 radical (unpaired) electrons. The minimum atomic E-state index is 0.531. The fraction of sp³-hybridized carbons (Fsp3) is 0.750. The SMILES string of the molecule is CCC1CCNC(c2cnn(CC)c2)C1. The Bertz CT molecular complexity index is 306. The lowest BCUT2D eigenvalue weighted by molar-refractivity contribution is 0.299. The Balaban J connectivity index is 2.03. The van der Waals surface area contributed by atoms with Crippen LogP contribution in [0, 0.1) is 5.92 Å². The van der Waals surface area contributed by atoms with Crippen LogP contribution in [0.1, 0.15) is 44.7 Å². The molecule has 2 rings (SSSR count). The molecule has 1 fully saturated rings. The lowest BCUT2D eigenvalue weighted by atomic mass is 9.88.